The van der Waals surface area contributed by atoms with Crippen LogP contribution in [0.15, 0.2) is 24.3 Å². The number of carbonyl (C=O) groups excluding carboxylic acids is 1. The largest absolute Gasteiger partial charge is 0.325 e. The molecule has 0 atom stereocenters. The SMILES string of the molecule is N#CC1(C(=O)Nc2ccc(-c3nnc4n3CCCC4)cc2)CCCC1. The second kappa shape index (κ2) is 6.32. The number of nitriles is 1. The Morgan fingerprint density at radius 3 is 2.60 bits per heavy atom. The zero-order valence-corrected chi connectivity index (χ0v) is 14.2. The maximum absolute atomic E-state index is 12.5. The van der Waals surface area contributed by atoms with E-state index >= 15 is 0 Å². The van der Waals surface area contributed by atoms with Gasteiger partial charge in [-0.25, -0.2) is 0 Å². The molecule has 2 aliphatic rings. The van der Waals surface area contributed by atoms with Crippen LogP contribution in [0.2, 0.25) is 0 Å². The van der Waals surface area contributed by atoms with Crippen molar-refractivity contribution in [2.75, 3.05) is 5.32 Å². The molecule has 0 spiro atoms. The summed E-state index contributed by atoms with van der Waals surface area (Å²) in [5.74, 6) is 1.76. The normalized spacial score (nSPS) is 18.4. The number of rotatable bonds is 3. The molecule has 2 heterocycles. The van der Waals surface area contributed by atoms with Crippen molar-refractivity contribution in [3.8, 4) is 17.5 Å². The molecule has 1 N–H and O–H groups in total. The van der Waals surface area contributed by atoms with Crippen molar-refractivity contribution in [2.45, 2.75) is 51.5 Å². The first-order valence-electron chi connectivity index (χ1n) is 8.97. The Bertz CT molecular complexity index is 824. The second-order valence-corrected chi connectivity index (χ2v) is 6.98. The first-order chi connectivity index (χ1) is 12.2. The van der Waals surface area contributed by atoms with E-state index in [1.54, 1.807) is 0 Å². The first-order valence-corrected chi connectivity index (χ1v) is 8.97. The molecule has 0 unspecified atom stereocenters. The highest BCUT2D eigenvalue weighted by Crippen LogP contribution is 2.38. The molecule has 1 fully saturated rings. The summed E-state index contributed by atoms with van der Waals surface area (Å²) < 4.78 is 2.18. The topological polar surface area (TPSA) is 83.6 Å². The Morgan fingerprint density at radius 2 is 1.88 bits per heavy atom. The van der Waals surface area contributed by atoms with Gasteiger partial charge in [0.1, 0.15) is 11.2 Å². The van der Waals surface area contributed by atoms with Crippen LogP contribution >= 0.6 is 0 Å². The van der Waals surface area contributed by atoms with Crippen molar-refractivity contribution in [1.82, 2.24) is 14.8 Å². The van der Waals surface area contributed by atoms with Crippen LogP contribution in [0.5, 0.6) is 0 Å². The van der Waals surface area contributed by atoms with Gasteiger partial charge in [-0.15, -0.1) is 10.2 Å². The summed E-state index contributed by atoms with van der Waals surface area (Å²) in [6, 6.07) is 9.88. The number of carbonyl (C=O) groups is 1. The summed E-state index contributed by atoms with van der Waals surface area (Å²) in [5.41, 5.74) is 0.855. The van der Waals surface area contributed by atoms with Crippen molar-refractivity contribution in [2.24, 2.45) is 5.41 Å². The number of amides is 1. The van der Waals surface area contributed by atoms with Gasteiger partial charge in [-0.2, -0.15) is 5.26 Å². The molecule has 6 heteroatoms. The molecule has 1 aliphatic heterocycles. The molecule has 1 saturated carbocycles. The Kier molecular flexibility index (Phi) is 4.00. The molecule has 128 valence electrons. The minimum atomic E-state index is -0.856. The lowest BCUT2D eigenvalue weighted by Gasteiger charge is -2.19. The standard InChI is InChI=1S/C19H21N5O/c20-13-19(10-2-3-11-19)18(25)21-15-8-6-14(7-9-15)17-23-22-16-5-1-4-12-24(16)17/h6-9H,1-5,10-12H2,(H,21,25). The summed E-state index contributed by atoms with van der Waals surface area (Å²) in [7, 11) is 0. The van der Waals surface area contributed by atoms with Crippen molar-refractivity contribution in [1.29, 1.82) is 5.26 Å². The minimum Gasteiger partial charge on any atom is -0.325 e. The molecule has 0 radical (unpaired) electrons. The molecule has 1 aromatic heterocycles. The highest BCUT2D eigenvalue weighted by molar-refractivity contribution is 5.97. The summed E-state index contributed by atoms with van der Waals surface area (Å²) in [5, 5.41) is 20.9. The van der Waals surface area contributed by atoms with Gasteiger partial charge in [0.05, 0.1) is 6.07 Å². The summed E-state index contributed by atoms with van der Waals surface area (Å²) >= 11 is 0. The summed E-state index contributed by atoms with van der Waals surface area (Å²) in [6.07, 6.45) is 6.50. The molecule has 1 amide bonds. The van der Waals surface area contributed by atoms with Crippen LogP contribution in [0.1, 0.15) is 44.3 Å². The molecule has 4 rings (SSSR count). The van der Waals surface area contributed by atoms with E-state index in [2.05, 4.69) is 26.2 Å². The molecule has 1 aromatic carbocycles. The van der Waals surface area contributed by atoms with Crippen molar-refractivity contribution in [3.63, 3.8) is 0 Å². The number of nitrogens with one attached hydrogen (secondary N) is 1. The molecule has 25 heavy (non-hydrogen) atoms. The van der Waals surface area contributed by atoms with Gasteiger partial charge in [0.2, 0.25) is 5.91 Å². The van der Waals surface area contributed by atoms with Gasteiger partial charge >= 0.3 is 0 Å². The molecular weight excluding hydrogens is 314 g/mol. The molecule has 6 nitrogen and oxygen atoms in total. The molecule has 0 saturated heterocycles. The summed E-state index contributed by atoms with van der Waals surface area (Å²) in [6.45, 7) is 0.959. The Balaban J connectivity index is 1.52. The Labute approximate surface area is 146 Å². The fourth-order valence-electron chi connectivity index (χ4n) is 3.84. The zero-order valence-electron chi connectivity index (χ0n) is 14.2. The van der Waals surface area contributed by atoms with Gasteiger partial charge in [0.15, 0.2) is 5.82 Å². The van der Waals surface area contributed by atoms with Gasteiger partial charge < -0.3 is 9.88 Å². The fraction of sp³-hybridized carbons (Fsp3) is 0.474. The highest BCUT2D eigenvalue weighted by Gasteiger charge is 2.41. The number of aryl methyl sites for hydroxylation is 1. The third-order valence-corrected chi connectivity index (χ3v) is 5.37. The van der Waals surface area contributed by atoms with Crippen LogP contribution in [0.3, 0.4) is 0 Å². The molecule has 0 bridgehead atoms. The third kappa shape index (κ3) is 2.80. The van der Waals surface area contributed by atoms with Crippen LogP contribution in [0, 0.1) is 16.7 Å². The predicted octanol–water partition coefficient (Wildman–Crippen LogP) is 3.30. The van der Waals surface area contributed by atoms with E-state index in [1.165, 1.54) is 6.42 Å². The quantitative estimate of drug-likeness (QED) is 0.933. The van der Waals surface area contributed by atoms with E-state index in [0.717, 1.165) is 49.4 Å². The van der Waals surface area contributed by atoms with Crippen LogP contribution in [-0.4, -0.2) is 20.7 Å². The predicted molar refractivity (Wildman–Crippen MR) is 93.5 cm³/mol. The van der Waals surface area contributed by atoms with Gasteiger partial charge in [-0.3, -0.25) is 4.79 Å². The minimum absolute atomic E-state index is 0.180. The number of aromatic nitrogens is 3. The van der Waals surface area contributed by atoms with E-state index < -0.39 is 5.41 Å². The van der Waals surface area contributed by atoms with Gasteiger partial charge in [-0.1, -0.05) is 12.8 Å². The van der Waals surface area contributed by atoms with E-state index in [4.69, 9.17) is 0 Å². The monoisotopic (exact) mass is 335 g/mol. The van der Waals surface area contributed by atoms with Crippen molar-refractivity contribution >= 4 is 11.6 Å². The maximum atomic E-state index is 12.5. The van der Waals surface area contributed by atoms with Gasteiger partial charge in [0, 0.05) is 24.2 Å². The van der Waals surface area contributed by atoms with E-state index in [0.29, 0.717) is 18.5 Å². The smallest absolute Gasteiger partial charge is 0.244 e. The average Bonchev–Trinajstić information content (AvgIpc) is 3.30. The number of hydrogen-bond donors (Lipinski definition) is 1. The number of anilines is 1. The van der Waals surface area contributed by atoms with Crippen LogP contribution in [-0.2, 0) is 17.8 Å². The molecule has 1 aliphatic carbocycles. The lowest BCUT2D eigenvalue weighted by Crippen LogP contribution is -2.32. The number of hydrogen-bond acceptors (Lipinski definition) is 4. The number of nitrogens with zero attached hydrogens (tertiary/aromatic N) is 4. The van der Waals surface area contributed by atoms with Crippen LogP contribution < -0.4 is 5.32 Å². The van der Waals surface area contributed by atoms with Crippen molar-refractivity contribution < 1.29 is 4.79 Å². The molecule has 2 aromatic rings. The van der Waals surface area contributed by atoms with E-state index in [-0.39, 0.29) is 5.91 Å². The average molecular weight is 335 g/mol. The lowest BCUT2D eigenvalue weighted by molar-refractivity contribution is -0.122. The first kappa shape index (κ1) is 15.8. The Morgan fingerprint density at radius 1 is 1.12 bits per heavy atom. The number of benzene rings is 1. The van der Waals surface area contributed by atoms with Gasteiger partial charge in [-0.05, 0) is 49.9 Å². The summed E-state index contributed by atoms with van der Waals surface area (Å²) in [4.78, 5) is 12.5. The maximum Gasteiger partial charge on any atom is 0.244 e. The fourth-order valence-corrected chi connectivity index (χ4v) is 3.84. The lowest BCUT2D eigenvalue weighted by atomic mass is 9.87. The van der Waals surface area contributed by atoms with Crippen molar-refractivity contribution in [3.05, 3.63) is 30.1 Å². The van der Waals surface area contributed by atoms with Crippen LogP contribution in [0.25, 0.3) is 11.4 Å². The van der Waals surface area contributed by atoms with E-state index in [9.17, 15) is 10.1 Å². The van der Waals surface area contributed by atoms with Gasteiger partial charge in [0.25, 0.3) is 0 Å². The highest BCUT2D eigenvalue weighted by atomic mass is 16.2. The van der Waals surface area contributed by atoms with Crippen LogP contribution in [0.4, 0.5) is 5.69 Å². The molecular formula is C19H21N5O. The third-order valence-electron chi connectivity index (χ3n) is 5.37. The second-order valence-electron chi connectivity index (χ2n) is 6.98. The Hall–Kier alpha value is -2.68. The zero-order chi connectivity index (χ0) is 17.3. The number of fused-ring (bicyclic) bond motifs is 1. The van der Waals surface area contributed by atoms with E-state index in [1.807, 2.05) is 24.3 Å².